The number of nitrogens with one attached hydrogen (secondary N) is 1. The van der Waals surface area contributed by atoms with Crippen LogP contribution in [0.5, 0.6) is 0 Å². The smallest absolute Gasteiger partial charge is 0.289 e. The second-order valence-corrected chi connectivity index (χ2v) is 2.46. The van der Waals surface area contributed by atoms with Crippen LogP contribution >= 0.6 is 0 Å². The molecule has 1 heterocycles. The van der Waals surface area contributed by atoms with E-state index in [4.69, 9.17) is 10.2 Å². The molecule has 0 saturated carbocycles. The van der Waals surface area contributed by atoms with Gasteiger partial charge in [-0.25, -0.2) is 0 Å². The number of hydrogen-bond acceptors (Lipinski definition) is 3. The fourth-order valence-corrected chi connectivity index (χ4v) is 0.823. The van der Waals surface area contributed by atoms with Gasteiger partial charge in [0.1, 0.15) is 0 Å². The van der Waals surface area contributed by atoms with Crippen LogP contribution in [-0.2, 0) is 0 Å². The quantitative estimate of drug-likeness (QED) is 0.707. The molecule has 1 aromatic heterocycles. The first-order chi connectivity index (χ1) is 5.75. The third-order valence-electron chi connectivity index (χ3n) is 1.44. The second kappa shape index (κ2) is 3.80. The summed E-state index contributed by atoms with van der Waals surface area (Å²) < 4.78 is 4.89. The summed E-state index contributed by atoms with van der Waals surface area (Å²) in [7, 11) is 0. The van der Waals surface area contributed by atoms with Crippen LogP contribution < -0.4 is 11.1 Å². The molecule has 3 N–H and O–H groups in total. The second-order valence-electron chi connectivity index (χ2n) is 2.46. The van der Waals surface area contributed by atoms with Gasteiger partial charge >= 0.3 is 0 Å². The molecule has 0 saturated heterocycles. The lowest BCUT2D eigenvalue weighted by molar-refractivity contribution is 0.0927. The van der Waals surface area contributed by atoms with E-state index < -0.39 is 0 Å². The van der Waals surface area contributed by atoms with Gasteiger partial charge in [-0.1, -0.05) is 6.92 Å². The fourth-order valence-electron chi connectivity index (χ4n) is 0.823. The molecule has 1 amide bonds. The largest absolute Gasteiger partial charge is 0.457 e. The van der Waals surface area contributed by atoms with Crippen LogP contribution in [0.15, 0.2) is 16.7 Å². The Labute approximate surface area is 70.7 Å². The van der Waals surface area contributed by atoms with Crippen LogP contribution in [0, 0.1) is 0 Å². The highest BCUT2D eigenvalue weighted by molar-refractivity contribution is 5.96. The van der Waals surface area contributed by atoms with Crippen molar-refractivity contribution in [3.8, 4) is 0 Å². The topological polar surface area (TPSA) is 68.3 Å². The number of carbonyl (C=O) groups excluding carboxylic acids is 1. The Morgan fingerprint density at radius 1 is 1.75 bits per heavy atom. The standard InChI is InChI=1S/C8H12N2O2/c1-2-4-10-8(11)7-6(9)3-5-12-7/h3,5H,2,4,9H2,1H3,(H,10,11). The van der Waals surface area contributed by atoms with Gasteiger partial charge in [0, 0.05) is 12.6 Å². The molecule has 0 spiro atoms. The predicted octanol–water partition coefficient (Wildman–Crippen LogP) is 1.00. The summed E-state index contributed by atoms with van der Waals surface area (Å²) in [6.07, 6.45) is 2.29. The SMILES string of the molecule is CCCNC(=O)c1occc1N. The lowest BCUT2D eigenvalue weighted by atomic mass is 10.3. The zero-order valence-electron chi connectivity index (χ0n) is 6.96. The van der Waals surface area contributed by atoms with Gasteiger partial charge in [0.05, 0.1) is 12.0 Å². The van der Waals surface area contributed by atoms with E-state index in [2.05, 4.69) is 5.32 Å². The van der Waals surface area contributed by atoms with E-state index in [0.29, 0.717) is 12.2 Å². The molecule has 66 valence electrons. The summed E-state index contributed by atoms with van der Waals surface area (Å²) in [5.74, 6) is -0.0530. The van der Waals surface area contributed by atoms with Gasteiger partial charge in [0.25, 0.3) is 5.91 Å². The lowest BCUT2D eigenvalue weighted by Crippen LogP contribution is -2.24. The van der Waals surface area contributed by atoms with Crippen molar-refractivity contribution in [2.45, 2.75) is 13.3 Å². The molecule has 0 aromatic carbocycles. The highest BCUT2D eigenvalue weighted by Crippen LogP contribution is 2.11. The van der Waals surface area contributed by atoms with Crippen molar-refractivity contribution >= 4 is 11.6 Å². The molecule has 12 heavy (non-hydrogen) atoms. The Morgan fingerprint density at radius 2 is 2.50 bits per heavy atom. The van der Waals surface area contributed by atoms with Crippen LogP contribution in [0.3, 0.4) is 0 Å². The minimum Gasteiger partial charge on any atom is -0.457 e. The number of hydrogen-bond donors (Lipinski definition) is 2. The minimum atomic E-state index is -0.251. The number of nitrogen functional groups attached to an aromatic ring is 1. The summed E-state index contributed by atoms with van der Waals surface area (Å²) in [6, 6.07) is 1.56. The summed E-state index contributed by atoms with van der Waals surface area (Å²) in [4.78, 5) is 11.2. The zero-order valence-corrected chi connectivity index (χ0v) is 6.96. The molecular formula is C8H12N2O2. The molecule has 0 aliphatic carbocycles. The molecule has 0 aliphatic rings. The molecule has 1 aromatic rings. The van der Waals surface area contributed by atoms with Crippen molar-refractivity contribution in [2.75, 3.05) is 12.3 Å². The highest BCUT2D eigenvalue weighted by Gasteiger charge is 2.11. The third kappa shape index (κ3) is 1.78. The van der Waals surface area contributed by atoms with E-state index >= 15 is 0 Å². The van der Waals surface area contributed by atoms with Crippen LogP contribution in [0.25, 0.3) is 0 Å². The number of rotatable bonds is 3. The molecule has 1 rings (SSSR count). The van der Waals surface area contributed by atoms with Crippen LogP contribution in [0.2, 0.25) is 0 Å². The number of amides is 1. The van der Waals surface area contributed by atoms with Crippen LogP contribution in [0.1, 0.15) is 23.9 Å². The number of nitrogens with two attached hydrogens (primary N) is 1. The number of furan rings is 1. The highest BCUT2D eigenvalue weighted by atomic mass is 16.3. The van der Waals surface area contributed by atoms with Crippen molar-refractivity contribution < 1.29 is 9.21 Å². The molecule has 0 bridgehead atoms. The average molecular weight is 168 g/mol. The van der Waals surface area contributed by atoms with Crippen molar-refractivity contribution in [3.63, 3.8) is 0 Å². The molecule has 4 heteroatoms. The summed E-state index contributed by atoms with van der Waals surface area (Å²) >= 11 is 0. The van der Waals surface area contributed by atoms with Gasteiger partial charge < -0.3 is 15.5 Å². The Morgan fingerprint density at radius 3 is 3.00 bits per heavy atom. The van der Waals surface area contributed by atoms with Crippen molar-refractivity contribution in [2.24, 2.45) is 0 Å². The third-order valence-corrected chi connectivity index (χ3v) is 1.44. The molecule has 0 atom stereocenters. The Bertz CT molecular complexity index is 268. The number of carbonyl (C=O) groups is 1. The maximum Gasteiger partial charge on any atom is 0.289 e. The van der Waals surface area contributed by atoms with Gasteiger partial charge in [0.2, 0.25) is 5.76 Å². The molecule has 4 nitrogen and oxygen atoms in total. The van der Waals surface area contributed by atoms with Gasteiger partial charge in [-0.3, -0.25) is 4.79 Å². The lowest BCUT2D eigenvalue weighted by Gasteiger charge is -1.99. The van der Waals surface area contributed by atoms with Crippen LogP contribution in [-0.4, -0.2) is 12.5 Å². The van der Waals surface area contributed by atoms with Crippen molar-refractivity contribution in [1.29, 1.82) is 0 Å². The van der Waals surface area contributed by atoms with E-state index in [1.54, 1.807) is 6.07 Å². The monoisotopic (exact) mass is 168 g/mol. The first kappa shape index (κ1) is 8.64. The van der Waals surface area contributed by atoms with Crippen molar-refractivity contribution in [1.82, 2.24) is 5.32 Å². The predicted molar refractivity (Wildman–Crippen MR) is 45.7 cm³/mol. The molecule has 0 radical (unpaired) electrons. The maximum atomic E-state index is 11.2. The maximum absolute atomic E-state index is 11.2. The first-order valence-corrected chi connectivity index (χ1v) is 3.87. The molecular weight excluding hydrogens is 156 g/mol. The summed E-state index contributed by atoms with van der Waals surface area (Å²) in [6.45, 7) is 2.62. The van der Waals surface area contributed by atoms with E-state index in [-0.39, 0.29) is 11.7 Å². The zero-order chi connectivity index (χ0) is 8.97. The minimum absolute atomic E-state index is 0.198. The molecule has 0 aliphatic heterocycles. The van der Waals surface area contributed by atoms with Gasteiger partial charge in [-0.2, -0.15) is 0 Å². The average Bonchev–Trinajstić information content (AvgIpc) is 2.47. The van der Waals surface area contributed by atoms with E-state index in [0.717, 1.165) is 6.42 Å². The van der Waals surface area contributed by atoms with E-state index in [9.17, 15) is 4.79 Å². The number of anilines is 1. The first-order valence-electron chi connectivity index (χ1n) is 3.87. The Hall–Kier alpha value is -1.45. The van der Waals surface area contributed by atoms with Gasteiger partial charge in [-0.05, 0) is 6.42 Å². The normalized spacial score (nSPS) is 9.75. The fraction of sp³-hybridized carbons (Fsp3) is 0.375. The van der Waals surface area contributed by atoms with Crippen molar-refractivity contribution in [3.05, 3.63) is 18.1 Å². The Balaban J connectivity index is 2.59. The summed E-state index contributed by atoms with van der Waals surface area (Å²) in [5, 5.41) is 2.66. The van der Waals surface area contributed by atoms with Crippen LogP contribution in [0.4, 0.5) is 5.69 Å². The Kier molecular flexibility index (Phi) is 2.74. The van der Waals surface area contributed by atoms with E-state index in [1.165, 1.54) is 6.26 Å². The van der Waals surface area contributed by atoms with Gasteiger partial charge in [-0.15, -0.1) is 0 Å². The van der Waals surface area contributed by atoms with E-state index in [1.807, 2.05) is 6.92 Å². The summed E-state index contributed by atoms with van der Waals surface area (Å²) in [5.41, 5.74) is 5.84. The molecule has 0 unspecified atom stereocenters. The molecule has 0 fully saturated rings. The van der Waals surface area contributed by atoms with Gasteiger partial charge in [0.15, 0.2) is 0 Å².